The number of thioether (sulfide) groups is 1. The molecule has 174 valence electrons. The molecule has 1 aromatic heterocycles. The van der Waals surface area contributed by atoms with Crippen LogP contribution in [0.3, 0.4) is 0 Å². The number of amides is 1. The van der Waals surface area contributed by atoms with Gasteiger partial charge < -0.3 is 4.74 Å². The number of nitrogens with zero attached hydrogens (tertiary/aromatic N) is 4. The summed E-state index contributed by atoms with van der Waals surface area (Å²) in [7, 11) is 0. The maximum absolute atomic E-state index is 13.4. The van der Waals surface area contributed by atoms with Crippen LogP contribution < -0.4 is 9.64 Å². The molecule has 0 bridgehead atoms. The highest BCUT2D eigenvalue weighted by Gasteiger charge is 2.35. The van der Waals surface area contributed by atoms with Crippen molar-refractivity contribution in [3.8, 4) is 5.75 Å². The Labute approximate surface area is 212 Å². The molecule has 0 saturated carbocycles. The van der Waals surface area contributed by atoms with Crippen molar-refractivity contribution in [3.05, 3.63) is 105 Å². The molecule has 1 aliphatic rings. The van der Waals surface area contributed by atoms with Gasteiger partial charge in [-0.05, 0) is 67.1 Å². The molecule has 2 heterocycles. The van der Waals surface area contributed by atoms with Gasteiger partial charge in [0.25, 0.3) is 5.91 Å². The minimum Gasteiger partial charge on any atom is -0.489 e. The Morgan fingerprint density at radius 1 is 0.971 bits per heavy atom. The first-order chi connectivity index (χ1) is 17.0. The lowest BCUT2D eigenvalue weighted by Gasteiger charge is -2.14. The first kappa shape index (κ1) is 23.0. The van der Waals surface area contributed by atoms with Crippen molar-refractivity contribution in [2.24, 2.45) is 4.99 Å². The van der Waals surface area contributed by atoms with Crippen molar-refractivity contribution in [2.75, 3.05) is 4.90 Å². The van der Waals surface area contributed by atoms with Crippen molar-refractivity contribution in [3.63, 3.8) is 0 Å². The van der Waals surface area contributed by atoms with Crippen LogP contribution in [0.1, 0.15) is 21.7 Å². The Kier molecular flexibility index (Phi) is 6.74. The van der Waals surface area contributed by atoms with Crippen molar-refractivity contribution < 1.29 is 9.53 Å². The first-order valence-corrected chi connectivity index (χ1v) is 12.6. The van der Waals surface area contributed by atoms with Crippen LogP contribution in [0.2, 0.25) is 0 Å². The summed E-state index contributed by atoms with van der Waals surface area (Å²) in [5.74, 6) is 0.612. The Bertz CT molecular complexity index is 1410. The summed E-state index contributed by atoms with van der Waals surface area (Å²) in [4.78, 5) is 20.3. The molecule has 5 rings (SSSR count). The second-order valence-electron chi connectivity index (χ2n) is 7.93. The molecule has 1 aliphatic heterocycles. The second kappa shape index (κ2) is 10.2. The predicted octanol–water partition coefficient (Wildman–Crippen LogP) is 6.54. The number of ether oxygens (including phenoxy) is 1. The van der Waals surface area contributed by atoms with E-state index in [1.165, 1.54) is 28.7 Å². The largest absolute Gasteiger partial charge is 0.489 e. The van der Waals surface area contributed by atoms with Crippen molar-refractivity contribution in [1.29, 1.82) is 0 Å². The average molecular weight is 499 g/mol. The van der Waals surface area contributed by atoms with Crippen molar-refractivity contribution in [1.82, 2.24) is 10.2 Å². The van der Waals surface area contributed by atoms with E-state index in [1.807, 2.05) is 67.6 Å². The molecule has 4 aromatic rings. The van der Waals surface area contributed by atoms with E-state index in [4.69, 9.17) is 4.74 Å². The number of hydrogen-bond donors (Lipinski definition) is 0. The standard InChI is InChI=1S/C27H22N4O2S2/c1-18-11-13-20(14-12-18)17-33-23-10-6-7-21(15-23)16-24-25(32)31(22-8-4-3-5-9-22)27(35-24)28-26-30-29-19(2)34-26/h3-16H,17H2,1-2H3/b24-16-,28-27+. The van der Waals surface area contributed by atoms with E-state index in [-0.39, 0.29) is 5.91 Å². The number of anilines is 1. The molecule has 35 heavy (non-hydrogen) atoms. The Hall–Kier alpha value is -3.75. The number of carbonyl (C=O) groups excluding carboxylic acids is 1. The van der Waals surface area contributed by atoms with Gasteiger partial charge in [-0.25, -0.2) is 0 Å². The highest BCUT2D eigenvalue weighted by atomic mass is 32.2. The summed E-state index contributed by atoms with van der Waals surface area (Å²) in [6.45, 7) is 4.42. The second-order valence-corrected chi connectivity index (χ2v) is 10.1. The van der Waals surface area contributed by atoms with Gasteiger partial charge >= 0.3 is 0 Å². The summed E-state index contributed by atoms with van der Waals surface area (Å²) in [6.07, 6.45) is 1.87. The van der Waals surface area contributed by atoms with Gasteiger partial charge in [0, 0.05) is 0 Å². The van der Waals surface area contributed by atoms with Gasteiger partial charge in [0.2, 0.25) is 5.13 Å². The third kappa shape index (κ3) is 5.50. The smallest absolute Gasteiger partial charge is 0.271 e. The number of para-hydroxylation sites is 1. The minimum absolute atomic E-state index is 0.132. The number of aliphatic imine (C=N–C) groups is 1. The summed E-state index contributed by atoms with van der Waals surface area (Å²) in [6, 6.07) is 25.5. The predicted molar refractivity (Wildman–Crippen MR) is 143 cm³/mol. The maximum atomic E-state index is 13.4. The fourth-order valence-electron chi connectivity index (χ4n) is 3.46. The molecule has 0 unspecified atom stereocenters. The van der Waals surface area contributed by atoms with Crippen LogP contribution in [0.25, 0.3) is 6.08 Å². The highest BCUT2D eigenvalue weighted by molar-refractivity contribution is 8.19. The van der Waals surface area contributed by atoms with E-state index < -0.39 is 0 Å². The molecule has 8 heteroatoms. The number of amidine groups is 1. The lowest BCUT2D eigenvalue weighted by atomic mass is 10.1. The summed E-state index contributed by atoms with van der Waals surface area (Å²) < 4.78 is 5.99. The Balaban J connectivity index is 1.41. The number of aromatic nitrogens is 2. The molecule has 0 radical (unpaired) electrons. The summed E-state index contributed by atoms with van der Waals surface area (Å²) in [5.41, 5.74) is 3.95. The topological polar surface area (TPSA) is 67.7 Å². The molecule has 0 aliphatic carbocycles. The molecule has 6 nitrogen and oxygen atoms in total. The number of aryl methyl sites for hydroxylation is 2. The Morgan fingerprint density at radius 3 is 2.51 bits per heavy atom. The van der Waals surface area contributed by atoms with Crippen LogP contribution in [0.4, 0.5) is 10.8 Å². The number of hydrogen-bond acceptors (Lipinski definition) is 7. The van der Waals surface area contributed by atoms with Gasteiger partial charge in [0.05, 0.1) is 10.6 Å². The van der Waals surface area contributed by atoms with Crippen molar-refractivity contribution >= 4 is 51.1 Å². The fraction of sp³-hybridized carbons (Fsp3) is 0.111. The van der Waals surface area contributed by atoms with E-state index in [2.05, 4.69) is 46.4 Å². The Morgan fingerprint density at radius 2 is 1.77 bits per heavy atom. The number of carbonyl (C=O) groups is 1. The van der Waals surface area contributed by atoms with E-state index in [0.29, 0.717) is 21.8 Å². The molecule has 1 saturated heterocycles. The zero-order valence-corrected chi connectivity index (χ0v) is 20.8. The van der Waals surface area contributed by atoms with E-state index in [1.54, 1.807) is 4.90 Å². The number of rotatable bonds is 6. The van der Waals surface area contributed by atoms with E-state index >= 15 is 0 Å². The van der Waals surface area contributed by atoms with Gasteiger partial charge in [-0.1, -0.05) is 71.5 Å². The quantitative estimate of drug-likeness (QED) is 0.282. The summed E-state index contributed by atoms with van der Waals surface area (Å²) >= 11 is 2.71. The molecule has 0 atom stereocenters. The van der Waals surface area contributed by atoms with Crippen LogP contribution in [0.15, 0.2) is 88.8 Å². The van der Waals surface area contributed by atoms with Crippen LogP contribution in [-0.2, 0) is 11.4 Å². The van der Waals surface area contributed by atoms with Crippen LogP contribution >= 0.6 is 23.1 Å². The van der Waals surface area contributed by atoms with Gasteiger partial charge in [-0.3, -0.25) is 9.69 Å². The number of benzene rings is 3. The molecule has 1 amide bonds. The zero-order chi connectivity index (χ0) is 24.2. The molecule has 0 spiro atoms. The zero-order valence-electron chi connectivity index (χ0n) is 19.2. The third-order valence-corrected chi connectivity index (χ3v) is 6.91. The van der Waals surface area contributed by atoms with Gasteiger partial charge in [-0.2, -0.15) is 4.99 Å². The SMILES string of the molecule is Cc1ccc(COc2cccc(/C=C3\S/C(=N/c4nnc(C)s4)N(c4ccccc4)C3=O)c2)cc1. The van der Waals surface area contributed by atoms with Gasteiger partial charge in [0.1, 0.15) is 17.4 Å². The molecule has 1 fully saturated rings. The van der Waals surface area contributed by atoms with Crippen molar-refractivity contribution in [2.45, 2.75) is 20.5 Å². The monoisotopic (exact) mass is 498 g/mol. The van der Waals surface area contributed by atoms with Crippen LogP contribution in [-0.4, -0.2) is 21.3 Å². The first-order valence-electron chi connectivity index (χ1n) is 11.0. The van der Waals surface area contributed by atoms with Crippen LogP contribution in [0.5, 0.6) is 5.75 Å². The van der Waals surface area contributed by atoms with Gasteiger partial charge in [0.15, 0.2) is 5.17 Å². The average Bonchev–Trinajstić information content (AvgIpc) is 3.41. The summed E-state index contributed by atoms with van der Waals surface area (Å²) in [5, 5.41) is 10.0. The lowest BCUT2D eigenvalue weighted by Crippen LogP contribution is -2.28. The van der Waals surface area contributed by atoms with Crippen LogP contribution in [0, 0.1) is 13.8 Å². The lowest BCUT2D eigenvalue weighted by molar-refractivity contribution is -0.113. The molecule has 0 N–H and O–H groups in total. The fourth-order valence-corrected chi connectivity index (χ4v) is 5.06. The normalized spacial score (nSPS) is 15.8. The van der Waals surface area contributed by atoms with Gasteiger partial charge in [-0.15, -0.1) is 10.2 Å². The minimum atomic E-state index is -0.132. The molecular weight excluding hydrogens is 476 g/mol. The third-order valence-electron chi connectivity index (χ3n) is 5.21. The maximum Gasteiger partial charge on any atom is 0.271 e. The van der Waals surface area contributed by atoms with E-state index in [9.17, 15) is 4.79 Å². The van der Waals surface area contributed by atoms with E-state index in [0.717, 1.165) is 27.6 Å². The molecule has 3 aromatic carbocycles. The molecular formula is C27H22N4O2S2. The highest BCUT2D eigenvalue weighted by Crippen LogP contribution is 2.37.